The number of nitrogens with zero attached hydrogens (tertiary/aromatic N) is 2. The maximum atomic E-state index is 11.2. The largest absolute Gasteiger partial charge is 0.304 e. The van der Waals surface area contributed by atoms with Crippen LogP contribution in [0, 0.1) is 0 Å². The summed E-state index contributed by atoms with van der Waals surface area (Å²) in [6, 6.07) is 0.651. The van der Waals surface area contributed by atoms with Crippen molar-refractivity contribution in [3.05, 3.63) is 0 Å². The first-order valence-electron chi connectivity index (χ1n) is 7.37. The van der Waals surface area contributed by atoms with Crippen LogP contribution in [-0.2, 0) is 4.79 Å². The van der Waals surface area contributed by atoms with Crippen molar-refractivity contribution in [2.75, 3.05) is 39.0 Å². The number of hydroxylamine groups is 1. The first kappa shape index (κ1) is 17.8. The lowest BCUT2D eigenvalue weighted by Gasteiger charge is -2.40. The molecule has 2 N–H and O–H groups in total. The highest BCUT2D eigenvalue weighted by Gasteiger charge is 2.26. The molecule has 0 aliphatic carbocycles. The summed E-state index contributed by atoms with van der Waals surface area (Å²) < 4.78 is -0.138. The van der Waals surface area contributed by atoms with Crippen molar-refractivity contribution in [2.24, 2.45) is 0 Å². The van der Waals surface area contributed by atoms with E-state index in [2.05, 4.69) is 23.8 Å². The summed E-state index contributed by atoms with van der Waals surface area (Å²) >= 11 is 1.80. The summed E-state index contributed by atoms with van der Waals surface area (Å²) in [5.74, 6) is 0.708. The van der Waals surface area contributed by atoms with E-state index < -0.39 is 0 Å². The van der Waals surface area contributed by atoms with E-state index in [4.69, 9.17) is 5.21 Å². The molecule has 0 radical (unpaired) electrons. The molecule has 118 valence electrons. The van der Waals surface area contributed by atoms with Crippen LogP contribution in [0.1, 0.15) is 33.6 Å². The number of hydrogen-bond acceptors (Lipinski definition) is 5. The standard InChI is InChI=1S/C14H29N3O2S/c1-5-12-11-16(4)6-7-17(12)8-9-20-14(2,3)10-13(18)15-19/h12,19H,5-11H2,1-4H3,(H,15,18). The van der Waals surface area contributed by atoms with Crippen LogP contribution in [0.15, 0.2) is 0 Å². The Labute approximate surface area is 127 Å². The van der Waals surface area contributed by atoms with Crippen molar-refractivity contribution in [3.63, 3.8) is 0 Å². The fourth-order valence-electron chi connectivity index (χ4n) is 2.65. The highest BCUT2D eigenvalue weighted by Crippen LogP contribution is 2.28. The van der Waals surface area contributed by atoms with E-state index in [1.165, 1.54) is 6.42 Å². The number of thioether (sulfide) groups is 1. The van der Waals surface area contributed by atoms with Crippen LogP contribution in [0.5, 0.6) is 0 Å². The molecule has 1 fully saturated rings. The van der Waals surface area contributed by atoms with E-state index in [0.29, 0.717) is 12.5 Å². The molecule has 0 aromatic rings. The highest BCUT2D eigenvalue weighted by atomic mass is 32.2. The molecule has 5 nitrogen and oxygen atoms in total. The number of likely N-dealkylation sites (N-methyl/N-ethyl adjacent to an activating group) is 1. The van der Waals surface area contributed by atoms with E-state index in [9.17, 15) is 4.79 Å². The fourth-order valence-corrected chi connectivity index (χ4v) is 3.76. The van der Waals surface area contributed by atoms with Crippen LogP contribution in [0.25, 0.3) is 0 Å². The molecule has 1 unspecified atom stereocenters. The lowest BCUT2D eigenvalue weighted by Crippen LogP contribution is -2.52. The summed E-state index contributed by atoms with van der Waals surface area (Å²) in [6.45, 7) is 10.8. The predicted octanol–water partition coefficient (Wildman–Crippen LogP) is 1.42. The Morgan fingerprint density at radius 2 is 2.15 bits per heavy atom. The number of nitrogens with one attached hydrogen (secondary N) is 1. The maximum absolute atomic E-state index is 11.2. The Balaban J connectivity index is 2.33. The van der Waals surface area contributed by atoms with Crippen molar-refractivity contribution in [1.82, 2.24) is 15.3 Å². The second kappa shape index (κ2) is 8.22. The molecule has 1 atom stereocenters. The van der Waals surface area contributed by atoms with Gasteiger partial charge in [-0.05, 0) is 13.5 Å². The predicted molar refractivity (Wildman–Crippen MR) is 84.2 cm³/mol. The average Bonchev–Trinajstić information content (AvgIpc) is 2.39. The van der Waals surface area contributed by atoms with Gasteiger partial charge in [0.1, 0.15) is 0 Å². The summed E-state index contributed by atoms with van der Waals surface area (Å²) in [5.41, 5.74) is 1.71. The van der Waals surface area contributed by atoms with Gasteiger partial charge in [-0.1, -0.05) is 20.8 Å². The molecule has 20 heavy (non-hydrogen) atoms. The topological polar surface area (TPSA) is 55.8 Å². The summed E-state index contributed by atoms with van der Waals surface area (Å²) in [4.78, 5) is 16.2. The Hall–Kier alpha value is -0.300. The zero-order valence-electron chi connectivity index (χ0n) is 13.2. The van der Waals surface area contributed by atoms with Gasteiger partial charge >= 0.3 is 0 Å². The summed E-state index contributed by atoms with van der Waals surface area (Å²) in [6.07, 6.45) is 1.53. The van der Waals surface area contributed by atoms with Gasteiger partial charge in [-0.25, -0.2) is 5.48 Å². The van der Waals surface area contributed by atoms with Crippen molar-refractivity contribution in [2.45, 2.75) is 44.4 Å². The van der Waals surface area contributed by atoms with Crippen molar-refractivity contribution < 1.29 is 10.0 Å². The lowest BCUT2D eigenvalue weighted by atomic mass is 10.1. The first-order valence-corrected chi connectivity index (χ1v) is 8.36. The van der Waals surface area contributed by atoms with Crippen LogP contribution in [0.3, 0.4) is 0 Å². The van der Waals surface area contributed by atoms with Gasteiger partial charge in [-0.3, -0.25) is 14.9 Å². The Morgan fingerprint density at radius 1 is 1.45 bits per heavy atom. The second-order valence-electron chi connectivity index (χ2n) is 6.18. The molecule has 1 aliphatic heterocycles. The second-order valence-corrected chi connectivity index (χ2v) is 7.98. The minimum Gasteiger partial charge on any atom is -0.304 e. The lowest BCUT2D eigenvalue weighted by molar-refractivity contribution is -0.129. The molecular formula is C14H29N3O2S. The van der Waals surface area contributed by atoms with Crippen LogP contribution in [0.2, 0.25) is 0 Å². The average molecular weight is 303 g/mol. The molecule has 0 saturated carbocycles. The van der Waals surface area contributed by atoms with Gasteiger partial charge in [-0.2, -0.15) is 11.8 Å². The van der Waals surface area contributed by atoms with Crippen LogP contribution in [-0.4, -0.2) is 70.7 Å². The third-order valence-corrected chi connectivity index (χ3v) is 5.17. The number of hydrogen-bond donors (Lipinski definition) is 2. The van der Waals surface area contributed by atoms with Gasteiger partial charge in [0.25, 0.3) is 0 Å². The zero-order valence-corrected chi connectivity index (χ0v) is 14.0. The quantitative estimate of drug-likeness (QED) is 0.550. The van der Waals surface area contributed by atoms with Gasteiger partial charge in [0.05, 0.1) is 0 Å². The van der Waals surface area contributed by atoms with Crippen molar-refractivity contribution in [1.29, 1.82) is 0 Å². The van der Waals surface area contributed by atoms with Crippen LogP contribution >= 0.6 is 11.8 Å². The van der Waals surface area contributed by atoms with E-state index in [-0.39, 0.29) is 10.7 Å². The Kier molecular flexibility index (Phi) is 7.29. The number of amides is 1. The number of carbonyl (C=O) groups is 1. The Morgan fingerprint density at radius 3 is 2.75 bits per heavy atom. The SMILES string of the molecule is CCC1CN(C)CCN1CCSC(C)(C)CC(=O)NO. The Bertz CT molecular complexity index is 313. The van der Waals surface area contributed by atoms with E-state index >= 15 is 0 Å². The third kappa shape index (κ3) is 5.99. The molecular weight excluding hydrogens is 274 g/mol. The van der Waals surface area contributed by atoms with Crippen molar-refractivity contribution >= 4 is 17.7 Å². The minimum absolute atomic E-state index is 0.138. The molecule has 0 bridgehead atoms. The fraction of sp³-hybridized carbons (Fsp3) is 0.929. The molecule has 0 aromatic carbocycles. The van der Waals surface area contributed by atoms with Crippen LogP contribution < -0.4 is 5.48 Å². The number of piperazine rings is 1. The number of rotatable bonds is 7. The van der Waals surface area contributed by atoms with E-state index in [0.717, 1.165) is 31.9 Å². The molecule has 6 heteroatoms. The third-order valence-electron chi connectivity index (χ3n) is 3.86. The molecule has 0 aromatic heterocycles. The molecule has 1 saturated heterocycles. The van der Waals surface area contributed by atoms with Gasteiger partial charge in [0, 0.05) is 49.1 Å². The normalized spacial score (nSPS) is 21.9. The molecule has 1 aliphatic rings. The van der Waals surface area contributed by atoms with Gasteiger partial charge in [0.2, 0.25) is 5.91 Å². The summed E-state index contributed by atoms with van der Waals surface area (Å²) in [5, 5.41) is 8.60. The van der Waals surface area contributed by atoms with E-state index in [1.807, 2.05) is 13.8 Å². The smallest absolute Gasteiger partial charge is 0.244 e. The molecule has 1 heterocycles. The van der Waals surface area contributed by atoms with Crippen LogP contribution in [0.4, 0.5) is 0 Å². The van der Waals surface area contributed by atoms with Gasteiger partial charge < -0.3 is 4.90 Å². The molecule has 1 amide bonds. The first-order chi connectivity index (χ1) is 9.38. The highest BCUT2D eigenvalue weighted by molar-refractivity contribution is 8.00. The zero-order chi connectivity index (χ0) is 15.2. The monoisotopic (exact) mass is 303 g/mol. The summed E-state index contributed by atoms with van der Waals surface area (Å²) in [7, 11) is 2.19. The van der Waals surface area contributed by atoms with Crippen molar-refractivity contribution in [3.8, 4) is 0 Å². The van der Waals surface area contributed by atoms with E-state index in [1.54, 1.807) is 17.2 Å². The van der Waals surface area contributed by atoms with Gasteiger partial charge in [0.15, 0.2) is 0 Å². The maximum Gasteiger partial charge on any atom is 0.244 e. The molecule has 1 rings (SSSR count). The number of carbonyl (C=O) groups excluding carboxylic acids is 1. The molecule has 0 spiro atoms. The minimum atomic E-state index is -0.312. The van der Waals surface area contributed by atoms with Gasteiger partial charge in [-0.15, -0.1) is 0 Å².